The van der Waals surface area contributed by atoms with Crippen LogP contribution in [0.5, 0.6) is 11.5 Å². The summed E-state index contributed by atoms with van der Waals surface area (Å²) in [6.45, 7) is 8.26. The minimum atomic E-state index is -0.0209. The third-order valence-corrected chi connectivity index (χ3v) is 5.22. The molecule has 0 aromatic heterocycles. The molecule has 0 fully saturated rings. The molecule has 3 aromatic rings. The van der Waals surface area contributed by atoms with Gasteiger partial charge < -0.3 is 10.2 Å². The number of hydrazine groups is 1. The van der Waals surface area contributed by atoms with Crippen LogP contribution in [0.3, 0.4) is 0 Å². The number of aryl methyl sites for hydroxylation is 4. The molecule has 0 radical (unpaired) electrons. The van der Waals surface area contributed by atoms with E-state index < -0.39 is 0 Å². The van der Waals surface area contributed by atoms with Crippen molar-refractivity contribution in [3.05, 3.63) is 94.1 Å². The number of aromatic hydroxyl groups is 2. The highest BCUT2D eigenvalue weighted by Crippen LogP contribution is 2.30. The molecule has 1 aliphatic heterocycles. The number of anilines is 1. The molecule has 5 heteroatoms. The summed E-state index contributed by atoms with van der Waals surface area (Å²) in [5, 5.41) is 26.6. The second kappa shape index (κ2) is 7.59. The lowest BCUT2D eigenvalue weighted by molar-refractivity contribution is 0.450. The highest BCUT2D eigenvalue weighted by Gasteiger charge is 2.21. The van der Waals surface area contributed by atoms with E-state index >= 15 is 0 Å². The fourth-order valence-electron chi connectivity index (χ4n) is 3.72. The van der Waals surface area contributed by atoms with Crippen LogP contribution in [-0.4, -0.2) is 15.9 Å². The first kappa shape index (κ1) is 19.6. The van der Waals surface area contributed by atoms with Crippen LogP contribution in [-0.2, 0) is 0 Å². The molecule has 0 atom stereocenters. The molecule has 1 heterocycles. The molecular weight excluding hydrogens is 374 g/mol. The van der Waals surface area contributed by atoms with Crippen LogP contribution < -0.4 is 10.5 Å². The summed E-state index contributed by atoms with van der Waals surface area (Å²) >= 11 is 0. The van der Waals surface area contributed by atoms with Crippen molar-refractivity contribution < 1.29 is 10.2 Å². The van der Waals surface area contributed by atoms with Crippen LogP contribution in [0, 0.1) is 27.7 Å². The number of hydrogen-bond donors (Lipinski definition) is 3. The van der Waals surface area contributed by atoms with Gasteiger partial charge in [-0.1, -0.05) is 41.5 Å². The Morgan fingerprint density at radius 3 is 2.10 bits per heavy atom. The average Bonchev–Trinajstić information content (AvgIpc) is 2.67. The van der Waals surface area contributed by atoms with Gasteiger partial charge in [-0.25, -0.2) is 0 Å². The Kier molecular flexibility index (Phi) is 4.96. The number of phenols is 2. The van der Waals surface area contributed by atoms with E-state index in [0.29, 0.717) is 11.3 Å². The zero-order valence-corrected chi connectivity index (χ0v) is 17.6. The fraction of sp³-hybridized carbons (Fsp3) is 0.160. The number of phenolic OH excluding ortho intramolecular Hbond substituents is 2. The van der Waals surface area contributed by atoms with Crippen molar-refractivity contribution in [1.29, 1.82) is 0 Å². The van der Waals surface area contributed by atoms with Gasteiger partial charge in [0.2, 0.25) is 0 Å². The molecule has 0 saturated carbocycles. The number of nitrogens with one attached hydrogen (secondary N) is 1. The molecule has 0 spiro atoms. The molecule has 3 N–H and O–H groups in total. The van der Waals surface area contributed by atoms with Crippen LogP contribution >= 0.6 is 0 Å². The van der Waals surface area contributed by atoms with Crippen molar-refractivity contribution in [3.8, 4) is 11.5 Å². The highest BCUT2D eigenvalue weighted by molar-refractivity contribution is 6.15. The predicted octanol–water partition coefficient (Wildman–Crippen LogP) is 5.10. The summed E-state index contributed by atoms with van der Waals surface area (Å²) < 4.78 is 0. The molecule has 0 saturated heterocycles. The quantitative estimate of drug-likeness (QED) is 0.573. The van der Waals surface area contributed by atoms with E-state index in [-0.39, 0.29) is 11.5 Å². The van der Waals surface area contributed by atoms with Crippen molar-refractivity contribution in [2.45, 2.75) is 27.7 Å². The van der Waals surface area contributed by atoms with E-state index in [0.717, 1.165) is 28.1 Å². The van der Waals surface area contributed by atoms with E-state index in [1.165, 1.54) is 17.2 Å². The number of hydrazone groups is 1. The van der Waals surface area contributed by atoms with Gasteiger partial charge >= 0.3 is 0 Å². The van der Waals surface area contributed by atoms with Crippen molar-refractivity contribution in [2.75, 3.05) is 5.12 Å². The third kappa shape index (κ3) is 3.74. The molecule has 3 aromatic carbocycles. The molecule has 1 aliphatic rings. The van der Waals surface area contributed by atoms with Gasteiger partial charge in [-0.3, -0.25) is 5.43 Å². The van der Waals surface area contributed by atoms with Crippen molar-refractivity contribution >= 4 is 17.1 Å². The molecule has 5 nitrogen and oxygen atoms in total. The summed E-state index contributed by atoms with van der Waals surface area (Å²) in [7, 11) is 0. The summed E-state index contributed by atoms with van der Waals surface area (Å²) in [4.78, 5) is 0. The number of nitrogens with zero attached hydrogens (tertiary/aromatic N) is 2. The largest absolute Gasteiger partial charge is 0.508 e. The Labute approximate surface area is 176 Å². The first-order chi connectivity index (χ1) is 14.3. The van der Waals surface area contributed by atoms with Gasteiger partial charge in [-0.05, 0) is 63.1 Å². The molecule has 0 bridgehead atoms. The Bertz CT molecular complexity index is 1190. The van der Waals surface area contributed by atoms with Crippen molar-refractivity contribution in [1.82, 2.24) is 5.43 Å². The first-order valence-corrected chi connectivity index (χ1v) is 9.86. The Balaban J connectivity index is 1.87. The average molecular weight is 399 g/mol. The van der Waals surface area contributed by atoms with Gasteiger partial charge in [-0.15, -0.1) is 0 Å². The minimum absolute atomic E-state index is 0.00982. The lowest BCUT2D eigenvalue weighted by Gasteiger charge is -2.29. The van der Waals surface area contributed by atoms with E-state index in [1.54, 1.807) is 17.3 Å². The van der Waals surface area contributed by atoms with E-state index in [4.69, 9.17) is 5.10 Å². The molecule has 152 valence electrons. The topological polar surface area (TPSA) is 68.1 Å². The second-order valence-electron chi connectivity index (χ2n) is 7.78. The monoisotopic (exact) mass is 399 g/mol. The maximum absolute atomic E-state index is 10.4. The second-order valence-corrected chi connectivity index (χ2v) is 7.78. The number of benzene rings is 3. The van der Waals surface area contributed by atoms with Gasteiger partial charge in [0, 0.05) is 17.2 Å². The Morgan fingerprint density at radius 2 is 1.43 bits per heavy atom. The molecule has 0 unspecified atom stereocenters. The smallest absolute Gasteiger partial charge is 0.128 e. The van der Waals surface area contributed by atoms with Crippen LogP contribution in [0.15, 0.2) is 65.8 Å². The maximum atomic E-state index is 10.4. The molecule has 4 rings (SSSR count). The molecule has 30 heavy (non-hydrogen) atoms. The van der Waals surface area contributed by atoms with Crippen molar-refractivity contribution in [2.24, 2.45) is 5.10 Å². The molecule has 0 aliphatic carbocycles. The van der Waals surface area contributed by atoms with Gasteiger partial charge in [0.1, 0.15) is 11.5 Å². The van der Waals surface area contributed by atoms with Crippen LogP contribution in [0.1, 0.15) is 33.4 Å². The van der Waals surface area contributed by atoms with Gasteiger partial charge in [0.05, 0.1) is 17.1 Å². The summed E-state index contributed by atoms with van der Waals surface area (Å²) in [5.74, 6) is -0.0111. The van der Waals surface area contributed by atoms with Crippen molar-refractivity contribution in [3.63, 3.8) is 0 Å². The zero-order valence-electron chi connectivity index (χ0n) is 17.6. The van der Waals surface area contributed by atoms with E-state index in [2.05, 4.69) is 50.5 Å². The number of allylic oxidation sites excluding steroid dienone is 1. The normalized spacial score (nSPS) is 13.5. The summed E-state index contributed by atoms with van der Waals surface area (Å²) in [5.41, 5.74) is 12.0. The Hall–Kier alpha value is -3.73. The fourth-order valence-corrected chi connectivity index (χ4v) is 3.72. The molecular formula is C25H25N3O2. The van der Waals surface area contributed by atoms with Crippen LogP contribution in [0.2, 0.25) is 0 Å². The van der Waals surface area contributed by atoms with Gasteiger partial charge in [-0.2, -0.15) is 10.2 Å². The van der Waals surface area contributed by atoms with Gasteiger partial charge in [0.15, 0.2) is 0 Å². The Morgan fingerprint density at radius 1 is 0.767 bits per heavy atom. The van der Waals surface area contributed by atoms with Gasteiger partial charge in [0.25, 0.3) is 0 Å². The standard InChI is InChI=1S/C25H25N3O2/c1-15-5-8-20(17(3)11-15)22-14-23(21-9-7-19(29)13-25(21)30)27-28(26-22)24-10-6-16(2)12-18(24)4/h5-14,26,29-30H,1-4H3. The van der Waals surface area contributed by atoms with E-state index in [9.17, 15) is 10.2 Å². The minimum Gasteiger partial charge on any atom is -0.508 e. The zero-order chi connectivity index (χ0) is 21.4. The third-order valence-electron chi connectivity index (χ3n) is 5.22. The lowest BCUT2D eigenvalue weighted by Crippen LogP contribution is -2.37. The summed E-state index contributed by atoms with van der Waals surface area (Å²) in [6.07, 6.45) is 1.92. The summed E-state index contributed by atoms with van der Waals surface area (Å²) in [6, 6.07) is 17.0. The highest BCUT2D eigenvalue weighted by atomic mass is 16.3. The first-order valence-electron chi connectivity index (χ1n) is 9.86. The predicted molar refractivity (Wildman–Crippen MR) is 122 cm³/mol. The van der Waals surface area contributed by atoms with E-state index in [1.807, 2.05) is 25.1 Å². The maximum Gasteiger partial charge on any atom is 0.128 e. The number of rotatable bonds is 3. The number of hydrogen-bond acceptors (Lipinski definition) is 5. The lowest BCUT2D eigenvalue weighted by atomic mass is 10.00. The van der Waals surface area contributed by atoms with Crippen LogP contribution in [0.25, 0.3) is 5.70 Å². The SMILES string of the molecule is Cc1ccc(C2=CC(c3ccc(O)cc3O)=NN(c3ccc(C)cc3C)N2)c(C)c1. The molecule has 0 amide bonds. The van der Waals surface area contributed by atoms with Crippen LogP contribution in [0.4, 0.5) is 5.69 Å².